The summed E-state index contributed by atoms with van der Waals surface area (Å²) in [7, 11) is 1.76. The standard InChI is InChI=1S/C28H33FN6O2/c1-3-19-16-32-26-24(18-8-9-23(31-15-18)37-13-7-12-34-10-5-4-6-11-34)20(29)14-21-25(26)27-22(17-30-21)33(2)28(36)35(19)27/h8-9,14-15,17,19,32H,3-7,10-13,16H2,1-2H3/t19-/m0/s1. The zero-order valence-electron chi connectivity index (χ0n) is 21.5. The highest BCUT2D eigenvalue weighted by Crippen LogP contribution is 2.42. The molecule has 0 saturated carbocycles. The molecule has 2 aliphatic heterocycles. The summed E-state index contributed by atoms with van der Waals surface area (Å²) < 4.78 is 24.9. The Morgan fingerprint density at radius 3 is 2.76 bits per heavy atom. The van der Waals surface area contributed by atoms with Crippen LogP contribution in [0.3, 0.4) is 0 Å². The smallest absolute Gasteiger partial charge is 0.329 e. The van der Waals surface area contributed by atoms with Crippen LogP contribution in [0.2, 0.25) is 0 Å². The molecule has 1 saturated heterocycles. The molecule has 0 spiro atoms. The van der Waals surface area contributed by atoms with Crippen LogP contribution in [-0.2, 0) is 7.05 Å². The summed E-state index contributed by atoms with van der Waals surface area (Å²) in [6.07, 6.45) is 8.96. The second kappa shape index (κ2) is 9.78. The summed E-state index contributed by atoms with van der Waals surface area (Å²) in [6, 6.07) is 5.05. The average Bonchev–Trinajstić information content (AvgIpc) is 3.06. The maximum atomic E-state index is 15.6. The van der Waals surface area contributed by atoms with Gasteiger partial charge in [0.1, 0.15) is 5.82 Å². The van der Waals surface area contributed by atoms with Gasteiger partial charge < -0.3 is 15.0 Å². The molecule has 6 rings (SSSR count). The molecule has 0 bridgehead atoms. The number of pyridine rings is 2. The molecule has 9 heteroatoms. The van der Waals surface area contributed by atoms with Crippen LogP contribution in [0, 0.1) is 5.82 Å². The van der Waals surface area contributed by atoms with E-state index in [9.17, 15) is 4.79 Å². The molecule has 194 valence electrons. The van der Waals surface area contributed by atoms with Crippen LogP contribution in [0.4, 0.5) is 10.1 Å². The van der Waals surface area contributed by atoms with Crippen molar-refractivity contribution >= 4 is 27.6 Å². The maximum Gasteiger partial charge on any atom is 0.329 e. The summed E-state index contributed by atoms with van der Waals surface area (Å²) in [5.74, 6) is 0.160. The number of rotatable bonds is 7. The molecule has 0 aliphatic carbocycles. The Balaban J connectivity index is 1.32. The van der Waals surface area contributed by atoms with Gasteiger partial charge in [-0.05, 0) is 44.8 Å². The number of nitrogens with one attached hydrogen (secondary N) is 1. The second-order valence-electron chi connectivity index (χ2n) is 10.1. The Bertz CT molecular complexity index is 1500. The van der Waals surface area contributed by atoms with E-state index < -0.39 is 0 Å². The van der Waals surface area contributed by atoms with E-state index in [4.69, 9.17) is 4.74 Å². The van der Waals surface area contributed by atoms with Crippen molar-refractivity contribution in [1.29, 1.82) is 0 Å². The van der Waals surface area contributed by atoms with Crippen molar-refractivity contribution in [2.75, 3.05) is 38.1 Å². The number of aromatic nitrogens is 4. The van der Waals surface area contributed by atoms with Gasteiger partial charge in [-0.25, -0.2) is 14.2 Å². The predicted molar refractivity (Wildman–Crippen MR) is 144 cm³/mol. The first-order valence-corrected chi connectivity index (χ1v) is 13.3. The minimum atomic E-state index is -0.376. The van der Waals surface area contributed by atoms with Crippen LogP contribution < -0.4 is 15.7 Å². The molecular formula is C28H33FN6O2. The first-order valence-electron chi connectivity index (χ1n) is 13.3. The first-order chi connectivity index (χ1) is 18.1. The lowest BCUT2D eigenvalue weighted by Crippen LogP contribution is -2.31. The van der Waals surface area contributed by atoms with Gasteiger partial charge in [-0.15, -0.1) is 0 Å². The summed E-state index contributed by atoms with van der Waals surface area (Å²) in [5, 5.41) is 4.22. The van der Waals surface area contributed by atoms with Crippen LogP contribution in [0.25, 0.3) is 33.1 Å². The number of benzene rings is 1. The van der Waals surface area contributed by atoms with Crippen molar-refractivity contribution in [3.63, 3.8) is 0 Å². The summed E-state index contributed by atoms with van der Waals surface area (Å²) in [5.41, 5.74) is 3.72. The van der Waals surface area contributed by atoms with Crippen LogP contribution >= 0.6 is 0 Å². The number of halogens is 1. The lowest BCUT2D eigenvalue weighted by Gasteiger charge is -2.26. The molecule has 8 nitrogen and oxygen atoms in total. The SMILES string of the molecule is CC[C@H]1CNc2c(-c3ccc(OCCCN4CCCCC4)nc3)c(F)cc3ncc4c(c23)n1c(=O)n4C. The Kier molecular flexibility index (Phi) is 6.32. The molecule has 0 radical (unpaired) electrons. The van der Waals surface area contributed by atoms with Crippen molar-refractivity contribution < 1.29 is 9.13 Å². The number of anilines is 1. The van der Waals surface area contributed by atoms with E-state index in [1.807, 2.05) is 10.6 Å². The van der Waals surface area contributed by atoms with Gasteiger partial charge >= 0.3 is 5.69 Å². The Morgan fingerprint density at radius 2 is 2.00 bits per heavy atom. The minimum absolute atomic E-state index is 0.0519. The second-order valence-corrected chi connectivity index (χ2v) is 10.1. The molecule has 1 fully saturated rings. The molecule has 1 aromatic carbocycles. The molecule has 5 heterocycles. The zero-order valence-corrected chi connectivity index (χ0v) is 21.5. The van der Waals surface area contributed by atoms with Crippen LogP contribution in [0.15, 0.2) is 35.4 Å². The third kappa shape index (κ3) is 4.15. The highest BCUT2D eigenvalue weighted by molar-refractivity contribution is 6.13. The fourth-order valence-electron chi connectivity index (χ4n) is 5.85. The number of aryl methyl sites for hydroxylation is 1. The summed E-state index contributed by atoms with van der Waals surface area (Å²) >= 11 is 0. The van der Waals surface area contributed by atoms with Crippen LogP contribution in [-0.4, -0.2) is 56.8 Å². The zero-order chi connectivity index (χ0) is 25.5. The van der Waals surface area contributed by atoms with Gasteiger partial charge in [-0.2, -0.15) is 0 Å². The molecule has 1 atom stereocenters. The number of likely N-dealkylation sites (tertiary alicyclic amines) is 1. The van der Waals surface area contributed by atoms with Gasteiger partial charge in [0.2, 0.25) is 5.88 Å². The van der Waals surface area contributed by atoms with Gasteiger partial charge in [0, 0.05) is 49.6 Å². The van der Waals surface area contributed by atoms with E-state index in [2.05, 4.69) is 27.1 Å². The number of ether oxygens (including phenoxy) is 1. The van der Waals surface area contributed by atoms with Gasteiger partial charge in [-0.1, -0.05) is 13.3 Å². The monoisotopic (exact) mass is 504 g/mol. The van der Waals surface area contributed by atoms with Crippen LogP contribution in [0.1, 0.15) is 45.1 Å². The van der Waals surface area contributed by atoms with Crippen molar-refractivity contribution in [2.45, 2.75) is 45.1 Å². The van der Waals surface area contributed by atoms with Gasteiger partial charge in [-0.3, -0.25) is 14.1 Å². The van der Waals surface area contributed by atoms with E-state index in [-0.39, 0.29) is 17.5 Å². The van der Waals surface area contributed by atoms with E-state index in [1.165, 1.54) is 38.4 Å². The fraction of sp³-hybridized carbons (Fsp3) is 0.464. The van der Waals surface area contributed by atoms with Crippen molar-refractivity contribution in [3.8, 4) is 17.0 Å². The first kappa shape index (κ1) is 23.9. The minimum Gasteiger partial charge on any atom is -0.478 e. The van der Waals surface area contributed by atoms with Crippen LogP contribution in [0.5, 0.6) is 5.88 Å². The molecule has 0 amide bonds. The highest BCUT2D eigenvalue weighted by atomic mass is 19.1. The molecule has 4 aromatic rings. The quantitative estimate of drug-likeness (QED) is 0.367. The Morgan fingerprint density at radius 1 is 1.16 bits per heavy atom. The fourth-order valence-corrected chi connectivity index (χ4v) is 5.85. The maximum absolute atomic E-state index is 15.6. The Labute approximate surface area is 215 Å². The molecule has 2 aliphatic rings. The topological polar surface area (TPSA) is 77.2 Å². The van der Waals surface area contributed by atoms with Gasteiger partial charge in [0.05, 0.1) is 46.5 Å². The number of piperidine rings is 1. The van der Waals surface area contributed by atoms with E-state index >= 15 is 4.39 Å². The van der Waals surface area contributed by atoms with E-state index in [0.29, 0.717) is 41.4 Å². The average molecular weight is 505 g/mol. The number of nitrogens with zero attached hydrogens (tertiary/aromatic N) is 5. The molecule has 37 heavy (non-hydrogen) atoms. The predicted octanol–water partition coefficient (Wildman–Crippen LogP) is 4.72. The molecule has 3 aromatic heterocycles. The van der Waals surface area contributed by atoms with Crippen molar-refractivity contribution in [1.82, 2.24) is 24.0 Å². The van der Waals surface area contributed by atoms with Gasteiger partial charge in [0.15, 0.2) is 0 Å². The lowest BCUT2D eigenvalue weighted by molar-refractivity contribution is 0.203. The number of hydrogen-bond acceptors (Lipinski definition) is 6. The lowest BCUT2D eigenvalue weighted by atomic mass is 10.00. The van der Waals surface area contributed by atoms with E-state index in [0.717, 1.165) is 35.8 Å². The molecule has 0 unspecified atom stereocenters. The van der Waals surface area contributed by atoms with Gasteiger partial charge in [0.25, 0.3) is 0 Å². The number of hydrogen-bond donors (Lipinski definition) is 1. The third-order valence-electron chi connectivity index (χ3n) is 7.85. The van der Waals surface area contributed by atoms with Crippen molar-refractivity contribution in [2.24, 2.45) is 7.05 Å². The molecule has 1 N–H and O–H groups in total. The molecular weight excluding hydrogens is 471 g/mol. The largest absolute Gasteiger partial charge is 0.478 e. The Hall–Kier alpha value is -3.46. The highest BCUT2D eigenvalue weighted by Gasteiger charge is 2.28. The summed E-state index contributed by atoms with van der Waals surface area (Å²) in [4.78, 5) is 24.6. The normalized spacial score (nSPS) is 17.9. The number of imidazole rings is 1. The third-order valence-corrected chi connectivity index (χ3v) is 7.85. The summed E-state index contributed by atoms with van der Waals surface area (Å²) in [6.45, 7) is 6.58. The van der Waals surface area contributed by atoms with Crippen molar-refractivity contribution in [3.05, 3.63) is 46.9 Å². The van der Waals surface area contributed by atoms with E-state index in [1.54, 1.807) is 30.1 Å².